The molecule has 7 nitrogen and oxygen atoms in total. The molecule has 0 bridgehead atoms. The van der Waals surface area contributed by atoms with Crippen molar-refractivity contribution in [1.82, 2.24) is 4.57 Å². The molecule has 0 saturated heterocycles. The van der Waals surface area contributed by atoms with E-state index in [4.69, 9.17) is 5.73 Å². The van der Waals surface area contributed by atoms with E-state index in [1.54, 1.807) is 23.6 Å². The first-order valence-corrected chi connectivity index (χ1v) is 9.49. The van der Waals surface area contributed by atoms with Crippen LogP contribution >= 0.6 is 0 Å². The zero-order valence-electron chi connectivity index (χ0n) is 16.5. The van der Waals surface area contributed by atoms with Gasteiger partial charge in [0.2, 0.25) is 0 Å². The SMILES string of the molecule is CCn1c(CC[C@@H](O)C[C@@H](O)CC(=O)[O-])c(-c2ccc(F)cc2)c(C)c1C(N)=O. The summed E-state index contributed by atoms with van der Waals surface area (Å²) in [6.45, 7) is 4.11. The van der Waals surface area contributed by atoms with E-state index in [1.807, 2.05) is 6.92 Å². The molecule has 0 aliphatic rings. The number of hydrogen-bond donors (Lipinski definition) is 3. The summed E-state index contributed by atoms with van der Waals surface area (Å²) in [6.07, 6.45) is -2.20. The van der Waals surface area contributed by atoms with Crippen LogP contribution in [0.1, 0.15) is 47.9 Å². The van der Waals surface area contributed by atoms with Crippen molar-refractivity contribution in [2.45, 2.75) is 58.3 Å². The monoisotopic (exact) mass is 405 g/mol. The van der Waals surface area contributed by atoms with Crippen LogP contribution in [0.5, 0.6) is 0 Å². The van der Waals surface area contributed by atoms with Crippen molar-refractivity contribution in [1.29, 1.82) is 0 Å². The number of carboxylic acids is 1. The summed E-state index contributed by atoms with van der Waals surface area (Å²) in [4.78, 5) is 22.6. The van der Waals surface area contributed by atoms with E-state index in [9.17, 15) is 29.3 Å². The predicted molar refractivity (Wildman–Crippen MR) is 103 cm³/mol. The molecule has 2 aromatic rings. The van der Waals surface area contributed by atoms with Crippen LogP contribution in [0.3, 0.4) is 0 Å². The number of nitrogens with zero attached hydrogens (tertiary/aromatic N) is 1. The molecule has 0 unspecified atom stereocenters. The first kappa shape index (κ1) is 22.6. The molecule has 0 fully saturated rings. The minimum absolute atomic E-state index is 0.103. The number of amides is 1. The Labute approximate surface area is 168 Å². The van der Waals surface area contributed by atoms with Gasteiger partial charge >= 0.3 is 0 Å². The second kappa shape index (κ2) is 9.67. The zero-order valence-corrected chi connectivity index (χ0v) is 16.5. The smallest absolute Gasteiger partial charge is 0.265 e. The van der Waals surface area contributed by atoms with Crippen molar-refractivity contribution in [3.8, 4) is 11.1 Å². The third kappa shape index (κ3) is 5.42. The summed E-state index contributed by atoms with van der Waals surface area (Å²) in [5.74, 6) is -2.34. The van der Waals surface area contributed by atoms with Gasteiger partial charge in [-0.1, -0.05) is 12.1 Å². The van der Waals surface area contributed by atoms with Gasteiger partial charge in [0.1, 0.15) is 11.5 Å². The van der Waals surface area contributed by atoms with Gasteiger partial charge in [0, 0.05) is 30.2 Å². The molecule has 29 heavy (non-hydrogen) atoms. The maximum atomic E-state index is 13.4. The van der Waals surface area contributed by atoms with E-state index < -0.39 is 30.5 Å². The fourth-order valence-electron chi connectivity index (χ4n) is 3.74. The van der Waals surface area contributed by atoms with Crippen LogP contribution in [0, 0.1) is 12.7 Å². The number of benzene rings is 1. The zero-order chi connectivity index (χ0) is 21.7. The van der Waals surface area contributed by atoms with Crippen molar-refractivity contribution in [2.75, 3.05) is 0 Å². The molecular weight excluding hydrogens is 379 g/mol. The third-order valence-electron chi connectivity index (χ3n) is 4.96. The van der Waals surface area contributed by atoms with E-state index >= 15 is 0 Å². The Bertz CT molecular complexity index is 876. The van der Waals surface area contributed by atoms with Gasteiger partial charge in [-0.05, 0) is 56.4 Å². The average molecular weight is 405 g/mol. The van der Waals surface area contributed by atoms with Crippen molar-refractivity contribution >= 4 is 11.9 Å². The summed E-state index contributed by atoms with van der Waals surface area (Å²) in [6, 6.07) is 5.89. The van der Waals surface area contributed by atoms with E-state index in [2.05, 4.69) is 0 Å². The number of rotatable bonds is 10. The van der Waals surface area contributed by atoms with Gasteiger partial charge in [-0.15, -0.1) is 0 Å². The molecule has 0 spiro atoms. The van der Waals surface area contributed by atoms with Crippen LogP contribution in [-0.4, -0.2) is 38.9 Å². The van der Waals surface area contributed by atoms with Crippen molar-refractivity contribution < 1.29 is 29.3 Å². The van der Waals surface area contributed by atoms with Gasteiger partial charge in [-0.3, -0.25) is 4.79 Å². The van der Waals surface area contributed by atoms with Crippen LogP contribution in [0.15, 0.2) is 24.3 Å². The molecule has 0 aliphatic carbocycles. The van der Waals surface area contributed by atoms with Crippen molar-refractivity contribution in [2.24, 2.45) is 5.73 Å². The summed E-state index contributed by atoms with van der Waals surface area (Å²) >= 11 is 0. The molecule has 0 aliphatic heterocycles. The quantitative estimate of drug-likeness (QED) is 0.541. The third-order valence-corrected chi connectivity index (χ3v) is 4.96. The highest BCUT2D eigenvalue weighted by Crippen LogP contribution is 2.34. The van der Waals surface area contributed by atoms with Crippen molar-refractivity contribution in [3.63, 3.8) is 0 Å². The Hall–Kier alpha value is -2.71. The molecule has 2 atom stereocenters. The molecule has 2 rings (SSSR count). The van der Waals surface area contributed by atoms with E-state index in [-0.39, 0.29) is 18.7 Å². The molecule has 1 amide bonds. The molecule has 0 radical (unpaired) electrons. The summed E-state index contributed by atoms with van der Waals surface area (Å²) in [5.41, 5.74) is 8.85. The fourth-order valence-corrected chi connectivity index (χ4v) is 3.74. The standard InChI is InChI=1S/C21H27FN2O5/c1-3-24-17(9-8-15(25)10-16(26)11-18(27)28)19(12(2)20(24)21(23)29)13-4-6-14(22)7-5-13/h4-7,15-16,25-26H,3,8-11H2,1-2H3,(H2,23,29)(H,27,28)/p-1/t15-,16-/m1/s1. The first-order chi connectivity index (χ1) is 13.6. The van der Waals surface area contributed by atoms with E-state index in [1.165, 1.54) is 12.1 Å². The van der Waals surface area contributed by atoms with Crippen molar-refractivity contribution in [3.05, 3.63) is 47.0 Å². The maximum Gasteiger partial charge on any atom is 0.265 e. The Balaban J connectivity index is 2.36. The average Bonchev–Trinajstić information content (AvgIpc) is 2.91. The van der Waals surface area contributed by atoms with E-state index in [0.29, 0.717) is 24.2 Å². The molecule has 1 aromatic carbocycles. The lowest BCUT2D eigenvalue weighted by Crippen LogP contribution is -2.29. The number of aromatic nitrogens is 1. The minimum atomic E-state index is -1.38. The molecule has 158 valence electrons. The highest BCUT2D eigenvalue weighted by atomic mass is 19.1. The lowest BCUT2D eigenvalue weighted by atomic mass is 9.97. The summed E-state index contributed by atoms with van der Waals surface area (Å²) in [5, 5.41) is 30.5. The number of primary amides is 1. The van der Waals surface area contributed by atoms with Gasteiger partial charge in [0.15, 0.2) is 0 Å². The molecule has 1 aromatic heterocycles. The topological polar surface area (TPSA) is 129 Å². The normalized spacial score (nSPS) is 13.3. The number of carbonyl (C=O) groups is 2. The van der Waals surface area contributed by atoms with Gasteiger partial charge < -0.3 is 30.4 Å². The highest BCUT2D eigenvalue weighted by molar-refractivity contribution is 5.96. The minimum Gasteiger partial charge on any atom is -0.550 e. The Morgan fingerprint density at radius 2 is 1.83 bits per heavy atom. The number of nitrogens with two attached hydrogens (primary N) is 1. The van der Waals surface area contributed by atoms with Crippen LogP contribution in [0.25, 0.3) is 11.1 Å². The predicted octanol–water partition coefficient (Wildman–Crippen LogP) is 0.906. The number of halogens is 1. The molecule has 1 heterocycles. The van der Waals surface area contributed by atoms with Crippen LogP contribution in [0.2, 0.25) is 0 Å². The summed E-state index contributed by atoms with van der Waals surface area (Å²) in [7, 11) is 0. The Kier molecular flexibility index (Phi) is 7.53. The summed E-state index contributed by atoms with van der Waals surface area (Å²) < 4.78 is 15.1. The lowest BCUT2D eigenvalue weighted by molar-refractivity contribution is -0.307. The fraction of sp³-hybridized carbons (Fsp3) is 0.429. The molecule has 4 N–H and O–H groups in total. The molecule has 8 heteroatoms. The van der Waals surface area contributed by atoms with Crippen LogP contribution in [0.4, 0.5) is 4.39 Å². The van der Waals surface area contributed by atoms with Gasteiger partial charge in [-0.2, -0.15) is 0 Å². The number of aliphatic carboxylic acids is 1. The first-order valence-electron chi connectivity index (χ1n) is 9.49. The van der Waals surface area contributed by atoms with Crippen LogP contribution < -0.4 is 10.8 Å². The second-order valence-corrected chi connectivity index (χ2v) is 7.07. The number of aliphatic hydroxyl groups excluding tert-OH is 2. The van der Waals surface area contributed by atoms with Crippen LogP contribution in [-0.2, 0) is 17.8 Å². The Morgan fingerprint density at radius 3 is 2.34 bits per heavy atom. The number of hydrogen-bond acceptors (Lipinski definition) is 5. The molecular formula is C21H26FN2O5-. The van der Waals surface area contributed by atoms with E-state index in [0.717, 1.165) is 16.8 Å². The second-order valence-electron chi connectivity index (χ2n) is 7.07. The highest BCUT2D eigenvalue weighted by Gasteiger charge is 2.24. The largest absolute Gasteiger partial charge is 0.550 e. The number of carbonyl (C=O) groups excluding carboxylic acids is 2. The lowest BCUT2D eigenvalue weighted by Gasteiger charge is -2.17. The maximum absolute atomic E-state index is 13.4. The Morgan fingerprint density at radius 1 is 1.21 bits per heavy atom. The van der Waals surface area contributed by atoms with Gasteiger partial charge in [0.05, 0.1) is 12.2 Å². The van der Waals surface area contributed by atoms with Gasteiger partial charge in [0.25, 0.3) is 5.91 Å². The van der Waals surface area contributed by atoms with Gasteiger partial charge in [-0.25, -0.2) is 4.39 Å². The number of aliphatic hydroxyl groups is 2. The number of carboxylic acid groups (broad SMARTS) is 1. The molecule has 0 saturated carbocycles.